The van der Waals surface area contributed by atoms with E-state index in [0.29, 0.717) is 11.8 Å². The molecule has 3 heterocycles. The number of allylic oxidation sites excluding steroid dienone is 5. The van der Waals surface area contributed by atoms with E-state index in [-0.39, 0.29) is 11.1 Å². The van der Waals surface area contributed by atoms with E-state index in [1.807, 2.05) is 19.2 Å². The van der Waals surface area contributed by atoms with Crippen molar-refractivity contribution >= 4 is 5.57 Å². The first-order valence-electron chi connectivity index (χ1n) is 13.8. The summed E-state index contributed by atoms with van der Waals surface area (Å²) in [4.78, 5) is 6.93. The maximum atomic E-state index is 4.80. The number of aromatic nitrogens is 3. The molecule has 2 aromatic rings. The highest BCUT2D eigenvalue weighted by Gasteiger charge is 2.43. The van der Waals surface area contributed by atoms with Gasteiger partial charge in [0.05, 0.1) is 11.4 Å². The normalized spacial score (nSPS) is 21.1. The Balaban J connectivity index is 1.83. The topological polar surface area (TPSA) is 53.9 Å². The van der Waals surface area contributed by atoms with Crippen LogP contribution < -0.4 is 5.32 Å². The summed E-state index contributed by atoms with van der Waals surface area (Å²) in [7, 11) is 0. The minimum Gasteiger partial charge on any atom is -0.328 e. The van der Waals surface area contributed by atoms with Gasteiger partial charge in [-0.3, -0.25) is 4.98 Å². The number of hydrogen-bond acceptors (Lipinski definition) is 5. The maximum absolute atomic E-state index is 4.80. The Morgan fingerprint density at radius 2 is 1.84 bits per heavy atom. The molecule has 204 valence electrons. The Hall–Kier alpha value is -3.05. The van der Waals surface area contributed by atoms with Gasteiger partial charge in [0, 0.05) is 40.9 Å². The van der Waals surface area contributed by atoms with Gasteiger partial charge >= 0.3 is 0 Å². The second kappa shape index (κ2) is 11.8. The van der Waals surface area contributed by atoms with E-state index in [0.717, 1.165) is 52.3 Å². The lowest BCUT2D eigenvalue weighted by Crippen LogP contribution is -2.62. The van der Waals surface area contributed by atoms with Crippen LogP contribution in [0.25, 0.3) is 17.0 Å². The lowest BCUT2D eigenvalue weighted by molar-refractivity contribution is 0.0636. The quantitative estimate of drug-likeness (QED) is 0.364. The van der Waals surface area contributed by atoms with Crippen molar-refractivity contribution in [3.63, 3.8) is 0 Å². The van der Waals surface area contributed by atoms with Gasteiger partial charge in [-0.2, -0.15) is 5.10 Å². The summed E-state index contributed by atoms with van der Waals surface area (Å²) < 4.78 is 0. The Morgan fingerprint density at radius 3 is 2.39 bits per heavy atom. The van der Waals surface area contributed by atoms with Gasteiger partial charge in [-0.15, -0.1) is 5.10 Å². The molecule has 1 aliphatic heterocycles. The van der Waals surface area contributed by atoms with Crippen LogP contribution in [0.3, 0.4) is 0 Å². The Bertz CT molecular complexity index is 1230. The van der Waals surface area contributed by atoms with E-state index in [2.05, 4.69) is 126 Å². The highest BCUT2D eigenvalue weighted by Crippen LogP contribution is 2.39. The van der Waals surface area contributed by atoms with Crippen LogP contribution in [0.1, 0.15) is 85.6 Å². The molecule has 1 fully saturated rings. The van der Waals surface area contributed by atoms with Crippen molar-refractivity contribution in [1.29, 1.82) is 0 Å². The molecule has 0 spiro atoms. The minimum absolute atomic E-state index is 0.0928. The van der Waals surface area contributed by atoms with Crippen LogP contribution in [-0.2, 0) is 6.42 Å². The number of aryl methyl sites for hydroxylation is 1. The molecule has 2 atom stereocenters. The highest BCUT2D eigenvalue weighted by atomic mass is 15.1. The molecule has 0 saturated carbocycles. The fourth-order valence-corrected chi connectivity index (χ4v) is 5.64. The molecule has 5 nitrogen and oxygen atoms in total. The van der Waals surface area contributed by atoms with Crippen molar-refractivity contribution in [3.05, 3.63) is 83.6 Å². The van der Waals surface area contributed by atoms with E-state index in [1.54, 1.807) is 0 Å². The summed E-state index contributed by atoms with van der Waals surface area (Å²) in [5.41, 5.74) is 8.37. The SMILES string of the molecule is C=C/C(=C\N(C=C(C)C)/C(C)=C\C)c1cnc(-c2ccc(CC3CC(C)(C)NC(C)(C)[C@H]3C)nn2)c(C)c1. The van der Waals surface area contributed by atoms with E-state index < -0.39 is 0 Å². The molecular weight excluding hydrogens is 466 g/mol. The smallest absolute Gasteiger partial charge is 0.112 e. The number of hydrogen-bond donors (Lipinski definition) is 1. The maximum Gasteiger partial charge on any atom is 0.112 e. The number of piperidine rings is 1. The average molecular weight is 514 g/mol. The largest absolute Gasteiger partial charge is 0.328 e. The van der Waals surface area contributed by atoms with Gasteiger partial charge in [0.2, 0.25) is 0 Å². The number of nitrogens with one attached hydrogen (secondary N) is 1. The van der Waals surface area contributed by atoms with Crippen molar-refractivity contribution in [3.8, 4) is 11.4 Å². The van der Waals surface area contributed by atoms with Crippen molar-refractivity contribution in [2.24, 2.45) is 11.8 Å². The van der Waals surface area contributed by atoms with Crippen molar-refractivity contribution in [1.82, 2.24) is 25.4 Å². The van der Waals surface area contributed by atoms with Crippen molar-refractivity contribution in [2.45, 2.75) is 93.2 Å². The second-order valence-corrected chi connectivity index (χ2v) is 12.3. The molecule has 1 N–H and O–H groups in total. The fourth-order valence-electron chi connectivity index (χ4n) is 5.64. The van der Waals surface area contributed by atoms with E-state index in [9.17, 15) is 0 Å². The lowest BCUT2D eigenvalue weighted by Gasteiger charge is -2.51. The molecular formula is C33H47N5. The van der Waals surface area contributed by atoms with Gasteiger partial charge in [-0.1, -0.05) is 31.2 Å². The Kier molecular flexibility index (Phi) is 9.14. The molecule has 5 heteroatoms. The van der Waals surface area contributed by atoms with Crippen LogP contribution in [0.4, 0.5) is 0 Å². The van der Waals surface area contributed by atoms with Gasteiger partial charge in [-0.25, -0.2) is 0 Å². The molecule has 0 radical (unpaired) electrons. The third-order valence-corrected chi connectivity index (χ3v) is 7.84. The standard InChI is InChI=1S/C33H47N5/c1-12-24(6)38(20-22(3)4)21-26(13-2)28-16-23(5)31(34-19-28)30-15-14-29(35-36-30)17-27-18-32(8,9)37-33(10,11)25(27)7/h12-16,19-21,25,27,37H,2,17-18H2,1,3-11H3/b24-12-,26-21+/t25-,27?/m0/s1. The second-order valence-electron chi connectivity index (χ2n) is 12.3. The Labute approximate surface area is 230 Å². The molecule has 0 aliphatic carbocycles. The molecule has 1 unspecified atom stereocenters. The predicted octanol–water partition coefficient (Wildman–Crippen LogP) is 7.87. The summed E-state index contributed by atoms with van der Waals surface area (Å²) in [6, 6.07) is 6.34. The van der Waals surface area contributed by atoms with E-state index >= 15 is 0 Å². The zero-order valence-electron chi connectivity index (χ0n) is 25.2. The number of pyridine rings is 1. The molecule has 38 heavy (non-hydrogen) atoms. The van der Waals surface area contributed by atoms with Crippen LogP contribution in [0.2, 0.25) is 0 Å². The number of rotatable bonds is 8. The summed E-state index contributed by atoms with van der Waals surface area (Å²) in [5, 5.41) is 13.0. The highest BCUT2D eigenvalue weighted by molar-refractivity contribution is 5.75. The van der Waals surface area contributed by atoms with E-state index in [4.69, 9.17) is 4.98 Å². The molecule has 1 saturated heterocycles. The fraction of sp³-hybridized carbons (Fsp3) is 0.485. The summed E-state index contributed by atoms with van der Waals surface area (Å²) in [6.45, 7) is 26.0. The van der Waals surface area contributed by atoms with Gasteiger partial charge in [0.1, 0.15) is 5.69 Å². The molecule has 0 amide bonds. The Morgan fingerprint density at radius 1 is 1.13 bits per heavy atom. The van der Waals surface area contributed by atoms with E-state index in [1.165, 1.54) is 5.57 Å². The molecule has 1 aliphatic rings. The molecule has 2 aromatic heterocycles. The van der Waals surface area contributed by atoms with Crippen LogP contribution in [-0.4, -0.2) is 31.2 Å². The molecule has 3 rings (SSSR count). The van der Waals surface area contributed by atoms with Crippen LogP contribution >= 0.6 is 0 Å². The summed E-state index contributed by atoms with van der Waals surface area (Å²) in [5.74, 6) is 1.10. The summed E-state index contributed by atoms with van der Waals surface area (Å²) in [6.07, 6.45) is 12.2. The van der Waals surface area contributed by atoms with Crippen LogP contribution in [0.5, 0.6) is 0 Å². The van der Waals surface area contributed by atoms with Crippen molar-refractivity contribution < 1.29 is 0 Å². The zero-order valence-corrected chi connectivity index (χ0v) is 25.2. The van der Waals surface area contributed by atoms with Gasteiger partial charge in [0.25, 0.3) is 0 Å². The van der Waals surface area contributed by atoms with Gasteiger partial charge < -0.3 is 10.2 Å². The zero-order chi connectivity index (χ0) is 28.3. The molecule has 0 bridgehead atoms. The van der Waals surface area contributed by atoms with Gasteiger partial charge in [-0.05, 0) is 116 Å². The average Bonchev–Trinajstić information content (AvgIpc) is 2.84. The third kappa shape index (κ3) is 7.08. The predicted molar refractivity (Wildman–Crippen MR) is 161 cm³/mol. The minimum atomic E-state index is 0.0928. The van der Waals surface area contributed by atoms with Gasteiger partial charge in [0.15, 0.2) is 0 Å². The first kappa shape index (κ1) is 29.5. The third-order valence-electron chi connectivity index (χ3n) is 7.84. The van der Waals surface area contributed by atoms with Crippen LogP contribution in [0.15, 0.2) is 66.8 Å². The lowest BCUT2D eigenvalue weighted by atomic mass is 9.67. The first-order valence-corrected chi connectivity index (χ1v) is 13.8. The molecule has 0 aromatic carbocycles. The first-order chi connectivity index (χ1) is 17.8. The van der Waals surface area contributed by atoms with Crippen molar-refractivity contribution in [2.75, 3.05) is 0 Å². The monoisotopic (exact) mass is 513 g/mol. The summed E-state index contributed by atoms with van der Waals surface area (Å²) >= 11 is 0. The van der Waals surface area contributed by atoms with Crippen LogP contribution in [0, 0.1) is 18.8 Å². The number of nitrogens with zero attached hydrogens (tertiary/aromatic N) is 4.